The molecule has 0 fully saturated rings. The van der Waals surface area contributed by atoms with Gasteiger partial charge in [0.15, 0.2) is 0 Å². The smallest absolute Gasteiger partial charge is 0.125 e. The van der Waals surface area contributed by atoms with Gasteiger partial charge in [0.2, 0.25) is 0 Å². The van der Waals surface area contributed by atoms with Crippen molar-refractivity contribution >= 4 is 17.9 Å². The van der Waals surface area contributed by atoms with Gasteiger partial charge in [-0.25, -0.2) is 0 Å². The number of allylic oxidation sites excluding steroid dienone is 2. The summed E-state index contributed by atoms with van der Waals surface area (Å²) < 4.78 is 0. The highest BCUT2D eigenvalue weighted by atomic mass is 35.5. The average Bonchev–Trinajstić information content (AvgIpc) is 1.89. The minimum Gasteiger partial charge on any atom is -0.303 e. The Balaban J connectivity index is 3.66. The maximum Gasteiger partial charge on any atom is 0.125 e. The normalized spacial score (nSPS) is 12.3. The first-order valence-corrected chi connectivity index (χ1v) is 3.83. The SMILES string of the molecule is CC(C)(C=O)CC=CCCl. The number of carbonyl (C=O) groups excluding carboxylic acids is 1. The number of carbonyl (C=O) groups is 1. The van der Waals surface area contributed by atoms with E-state index in [2.05, 4.69) is 0 Å². The van der Waals surface area contributed by atoms with Gasteiger partial charge >= 0.3 is 0 Å². The van der Waals surface area contributed by atoms with Gasteiger partial charge in [-0.2, -0.15) is 0 Å². The molecule has 0 saturated carbocycles. The number of hydrogen-bond donors (Lipinski definition) is 0. The van der Waals surface area contributed by atoms with E-state index < -0.39 is 0 Å². The molecule has 0 bridgehead atoms. The third-order valence-electron chi connectivity index (χ3n) is 1.22. The van der Waals surface area contributed by atoms with Gasteiger partial charge in [0.1, 0.15) is 6.29 Å². The fourth-order valence-corrected chi connectivity index (χ4v) is 0.624. The molecule has 0 unspecified atom stereocenters. The number of halogens is 1. The van der Waals surface area contributed by atoms with Crippen LogP contribution in [0, 0.1) is 5.41 Å². The summed E-state index contributed by atoms with van der Waals surface area (Å²) in [6.45, 7) is 3.80. The molecule has 0 aliphatic heterocycles. The largest absolute Gasteiger partial charge is 0.303 e. The third kappa shape index (κ3) is 4.57. The van der Waals surface area contributed by atoms with Crippen molar-refractivity contribution in [1.29, 1.82) is 0 Å². The van der Waals surface area contributed by atoms with Crippen molar-refractivity contribution in [2.75, 3.05) is 5.88 Å². The van der Waals surface area contributed by atoms with Crippen molar-refractivity contribution in [3.63, 3.8) is 0 Å². The van der Waals surface area contributed by atoms with Crippen LogP contribution in [0.3, 0.4) is 0 Å². The fraction of sp³-hybridized carbons (Fsp3) is 0.625. The molecule has 0 aromatic rings. The van der Waals surface area contributed by atoms with Gasteiger partial charge in [0, 0.05) is 11.3 Å². The Bertz CT molecular complexity index is 127. The fourth-order valence-electron chi connectivity index (χ4n) is 0.498. The van der Waals surface area contributed by atoms with E-state index in [1.54, 1.807) is 0 Å². The standard InChI is InChI=1S/C8H13ClO/c1-8(2,7-10)5-3-4-6-9/h3-4,7H,5-6H2,1-2H3. The molecule has 1 nitrogen and oxygen atoms in total. The number of hydrogen-bond acceptors (Lipinski definition) is 1. The molecule has 58 valence electrons. The van der Waals surface area contributed by atoms with Crippen LogP contribution >= 0.6 is 11.6 Å². The van der Waals surface area contributed by atoms with Crippen LogP contribution in [0.5, 0.6) is 0 Å². The molecule has 0 atom stereocenters. The third-order valence-corrected chi connectivity index (χ3v) is 1.40. The van der Waals surface area contributed by atoms with Gasteiger partial charge in [-0.05, 0) is 6.42 Å². The molecule has 0 amide bonds. The lowest BCUT2D eigenvalue weighted by Gasteiger charge is -2.12. The Hall–Kier alpha value is -0.300. The number of aldehydes is 1. The first kappa shape index (κ1) is 9.70. The van der Waals surface area contributed by atoms with Crippen LogP contribution in [0.4, 0.5) is 0 Å². The Kier molecular flexibility index (Phi) is 4.37. The zero-order valence-corrected chi connectivity index (χ0v) is 7.19. The van der Waals surface area contributed by atoms with E-state index in [0.717, 1.165) is 12.7 Å². The highest BCUT2D eigenvalue weighted by molar-refractivity contribution is 6.18. The summed E-state index contributed by atoms with van der Waals surface area (Å²) >= 11 is 5.40. The highest BCUT2D eigenvalue weighted by Gasteiger charge is 2.12. The second-order valence-electron chi connectivity index (χ2n) is 2.94. The van der Waals surface area contributed by atoms with Crippen LogP contribution in [-0.2, 0) is 4.79 Å². The van der Waals surface area contributed by atoms with Gasteiger partial charge in [0.25, 0.3) is 0 Å². The predicted octanol–water partition coefficient (Wildman–Crippen LogP) is 2.40. The zero-order chi connectivity index (χ0) is 8.04. The molecule has 0 heterocycles. The maximum absolute atomic E-state index is 10.4. The molecule has 0 radical (unpaired) electrons. The topological polar surface area (TPSA) is 17.1 Å². The summed E-state index contributed by atoms with van der Waals surface area (Å²) in [7, 11) is 0. The quantitative estimate of drug-likeness (QED) is 0.351. The molecule has 0 N–H and O–H groups in total. The van der Waals surface area contributed by atoms with Crippen molar-refractivity contribution in [3.05, 3.63) is 12.2 Å². The minimum atomic E-state index is -0.234. The highest BCUT2D eigenvalue weighted by Crippen LogP contribution is 2.16. The molecule has 0 saturated heterocycles. The van der Waals surface area contributed by atoms with Crippen LogP contribution in [0.1, 0.15) is 20.3 Å². The van der Waals surface area contributed by atoms with Crippen LogP contribution < -0.4 is 0 Å². The number of rotatable bonds is 4. The van der Waals surface area contributed by atoms with Gasteiger partial charge < -0.3 is 4.79 Å². The van der Waals surface area contributed by atoms with Crippen LogP contribution in [0.25, 0.3) is 0 Å². The van der Waals surface area contributed by atoms with E-state index in [4.69, 9.17) is 11.6 Å². The number of alkyl halides is 1. The second kappa shape index (κ2) is 4.51. The van der Waals surface area contributed by atoms with E-state index in [-0.39, 0.29) is 5.41 Å². The van der Waals surface area contributed by atoms with E-state index in [9.17, 15) is 4.79 Å². The van der Waals surface area contributed by atoms with Crippen molar-refractivity contribution in [1.82, 2.24) is 0 Å². The second-order valence-corrected chi connectivity index (χ2v) is 3.24. The van der Waals surface area contributed by atoms with Crippen molar-refractivity contribution < 1.29 is 4.79 Å². The summed E-state index contributed by atoms with van der Waals surface area (Å²) in [6, 6.07) is 0. The molecular formula is C8H13ClO. The monoisotopic (exact) mass is 160 g/mol. The maximum atomic E-state index is 10.4. The Labute approximate surface area is 67.1 Å². The average molecular weight is 161 g/mol. The van der Waals surface area contributed by atoms with E-state index in [0.29, 0.717) is 5.88 Å². The summed E-state index contributed by atoms with van der Waals surface area (Å²) in [5.74, 6) is 0.523. The minimum absolute atomic E-state index is 0.234. The molecular weight excluding hydrogens is 148 g/mol. The Morgan fingerprint density at radius 1 is 1.40 bits per heavy atom. The van der Waals surface area contributed by atoms with Gasteiger partial charge in [0.05, 0.1) is 0 Å². The molecule has 0 aliphatic carbocycles. The summed E-state index contributed by atoms with van der Waals surface area (Å²) in [6.07, 6.45) is 5.52. The van der Waals surface area contributed by atoms with Gasteiger partial charge in [-0.3, -0.25) is 0 Å². The van der Waals surface area contributed by atoms with E-state index >= 15 is 0 Å². The predicted molar refractivity (Wildman–Crippen MR) is 44.3 cm³/mol. The molecule has 0 aliphatic rings. The first-order valence-electron chi connectivity index (χ1n) is 3.30. The van der Waals surface area contributed by atoms with Crippen LogP contribution in [0.2, 0.25) is 0 Å². The van der Waals surface area contributed by atoms with Crippen molar-refractivity contribution in [2.45, 2.75) is 20.3 Å². The Morgan fingerprint density at radius 2 is 2.00 bits per heavy atom. The lowest BCUT2D eigenvalue weighted by Crippen LogP contribution is -2.10. The molecule has 0 rings (SSSR count). The van der Waals surface area contributed by atoms with E-state index in [1.807, 2.05) is 26.0 Å². The molecule has 0 spiro atoms. The van der Waals surface area contributed by atoms with Crippen molar-refractivity contribution in [3.8, 4) is 0 Å². The summed E-state index contributed by atoms with van der Waals surface area (Å²) in [5, 5.41) is 0. The molecule has 10 heavy (non-hydrogen) atoms. The molecule has 0 aromatic heterocycles. The summed E-state index contributed by atoms with van der Waals surface area (Å²) in [4.78, 5) is 10.4. The lowest BCUT2D eigenvalue weighted by atomic mass is 9.91. The van der Waals surface area contributed by atoms with Crippen LogP contribution in [0.15, 0.2) is 12.2 Å². The lowest BCUT2D eigenvalue weighted by molar-refractivity contribution is -0.114. The van der Waals surface area contributed by atoms with Gasteiger partial charge in [-0.1, -0.05) is 26.0 Å². The molecule has 2 heteroatoms. The summed E-state index contributed by atoms with van der Waals surface area (Å²) in [5.41, 5.74) is -0.234. The zero-order valence-electron chi connectivity index (χ0n) is 6.43. The van der Waals surface area contributed by atoms with Crippen LogP contribution in [-0.4, -0.2) is 12.2 Å². The molecule has 0 aromatic carbocycles. The Morgan fingerprint density at radius 3 is 2.40 bits per heavy atom. The van der Waals surface area contributed by atoms with E-state index in [1.165, 1.54) is 0 Å². The first-order chi connectivity index (χ1) is 4.62. The van der Waals surface area contributed by atoms with Gasteiger partial charge in [-0.15, -0.1) is 11.6 Å². The van der Waals surface area contributed by atoms with Crippen molar-refractivity contribution in [2.24, 2.45) is 5.41 Å².